The van der Waals surface area contributed by atoms with Gasteiger partial charge in [-0.1, -0.05) is 26.2 Å². The highest BCUT2D eigenvalue weighted by Crippen LogP contribution is 2.26. The van der Waals surface area contributed by atoms with Crippen LogP contribution in [0.5, 0.6) is 5.75 Å². The summed E-state index contributed by atoms with van der Waals surface area (Å²) in [6, 6.07) is 3.28. The van der Waals surface area contributed by atoms with Crippen LogP contribution < -0.4 is 15.4 Å². The van der Waals surface area contributed by atoms with Crippen molar-refractivity contribution in [1.82, 2.24) is 10.3 Å². The average Bonchev–Trinajstić information content (AvgIpc) is 2.59. The fourth-order valence-electron chi connectivity index (χ4n) is 2.65. The van der Waals surface area contributed by atoms with E-state index in [1.54, 1.807) is 12.3 Å². The molecule has 0 saturated heterocycles. The minimum atomic E-state index is -0.341. The predicted octanol–water partition coefficient (Wildman–Crippen LogP) is 2.79. The van der Waals surface area contributed by atoms with Gasteiger partial charge in [0.05, 0.1) is 6.61 Å². The van der Waals surface area contributed by atoms with Gasteiger partial charge in [-0.25, -0.2) is 9.78 Å². The Morgan fingerprint density at radius 1 is 1.43 bits per heavy atom. The Kier molecular flexibility index (Phi) is 7.13. The highest BCUT2D eigenvalue weighted by molar-refractivity contribution is 5.89. The molecule has 1 aromatic rings. The van der Waals surface area contributed by atoms with E-state index in [0.29, 0.717) is 30.6 Å². The van der Waals surface area contributed by atoms with Crippen molar-refractivity contribution >= 4 is 11.8 Å². The number of hydrogen-bond acceptors (Lipinski definition) is 4. The van der Waals surface area contributed by atoms with E-state index in [2.05, 4.69) is 15.6 Å². The van der Waals surface area contributed by atoms with Crippen molar-refractivity contribution in [2.24, 2.45) is 11.8 Å². The predicted molar refractivity (Wildman–Crippen MR) is 89.6 cm³/mol. The van der Waals surface area contributed by atoms with Crippen LogP contribution in [0.2, 0.25) is 0 Å². The lowest BCUT2D eigenvalue weighted by Crippen LogP contribution is -2.33. The minimum Gasteiger partial charge on any atom is -0.489 e. The summed E-state index contributed by atoms with van der Waals surface area (Å²) in [5.74, 6) is 1.64. The number of hydrogen-bond donors (Lipinski definition) is 3. The molecule has 1 aromatic heterocycles. The van der Waals surface area contributed by atoms with Crippen LogP contribution >= 0.6 is 0 Å². The zero-order chi connectivity index (χ0) is 16.5. The van der Waals surface area contributed by atoms with E-state index in [4.69, 9.17) is 9.84 Å². The molecule has 1 unspecified atom stereocenters. The number of rotatable bonds is 7. The number of anilines is 1. The molecule has 0 bridgehead atoms. The van der Waals surface area contributed by atoms with E-state index < -0.39 is 0 Å². The van der Waals surface area contributed by atoms with Crippen molar-refractivity contribution in [3.63, 3.8) is 0 Å². The van der Waals surface area contributed by atoms with Crippen LogP contribution in [0.25, 0.3) is 0 Å². The molecule has 1 fully saturated rings. The van der Waals surface area contributed by atoms with Gasteiger partial charge in [-0.2, -0.15) is 0 Å². The van der Waals surface area contributed by atoms with Gasteiger partial charge in [0.1, 0.15) is 0 Å². The van der Waals surface area contributed by atoms with Gasteiger partial charge < -0.3 is 15.2 Å². The Labute approximate surface area is 137 Å². The molecule has 3 N–H and O–H groups in total. The van der Waals surface area contributed by atoms with Gasteiger partial charge >= 0.3 is 6.03 Å². The monoisotopic (exact) mass is 321 g/mol. The fraction of sp³-hybridized carbons (Fsp3) is 0.647. The maximum absolute atomic E-state index is 11.9. The molecule has 1 aliphatic rings. The van der Waals surface area contributed by atoms with Gasteiger partial charge in [0, 0.05) is 19.3 Å². The smallest absolute Gasteiger partial charge is 0.320 e. The number of carbonyl (C=O) groups excluding carboxylic acids is 1. The van der Waals surface area contributed by atoms with E-state index in [1.165, 1.54) is 32.1 Å². The first kappa shape index (κ1) is 17.5. The van der Waals surface area contributed by atoms with Crippen LogP contribution in [-0.2, 0) is 0 Å². The van der Waals surface area contributed by atoms with E-state index in [0.717, 1.165) is 0 Å². The molecule has 6 nitrogen and oxygen atoms in total. The number of aliphatic hydroxyl groups is 1. The molecule has 0 aromatic carbocycles. The van der Waals surface area contributed by atoms with Crippen LogP contribution in [0.3, 0.4) is 0 Å². The molecule has 0 radical (unpaired) electrons. The first-order chi connectivity index (χ1) is 11.2. The lowest BCUT2D eigenvalue weighted by atomic mass is 9.90. The summed E-state index contributed by atoms with van der Waals surface area (Å²) >= 11 is 0. The molecule has 1 aliphatic carbocycles. The molecular weight excluding hydrogens is 294 g/mol. The SMILES string of the molecule is CC(CO)CNC(=O)Nc1ncccc1OCC1CCCCC1. The van der Waals surface area contributed by atoms with Crippen molar-refractivity contribution in [3.05, 3.63) is 18.3 Å². The highest BCUT2D eigenvalue weighted by atomic mass is 16.5. The van der Waals surface area contributed by atoms with Gasteiger partial charge in [-0.15, -0.1) is 0 Å². The lowest BCUT2D eigenvalue weighted by molar-refractivity contribution is 0.209. The standard InChI is InChI=1S/C17H27N3O3/c1-13(11-21)10-19-17(22)20-16-15(8-5-9-18-16)23-12-14-6-3-2-4-7-14/h5,8-9,13-14,21H,2-4,6-7,10-12H2,1H3,(H2,18,19,20,22). The van der Waals surface area contributed by atoms with Crippen LogP contribution in [0.4, 0.5) is 10.6 Å². The molecule has 2 rings (SSSR count). The third kappa shape index (κ3) is 6.06. The largest absolute Gasteiger partial charge is 0.489 e. The Balaban J connectivity index is 1.85. The third-order valence-corrected chi connectivity index (χ3v) is 4.12. The fourth-order valence-corrected chi connectivity index (χ4v) is 2.65. The van der Waals surface area contributed by atoms with E-state index >= 15 is 0 Å². The zero-order valence-corrected chi connectivity index (χ0v) is 13.8. The van der Waals surface area contributed by atoms with Gasteiger partial charge in [0.2, 0.25) is 0 Å². The zero-order valence-electron chi connectivity index (χ0n) is 13.8. The number of pyridine rings is 1. The second kappa shape index (κ2) is 9.35. The van der Waals surface area contributed by atoms with Crippen molar-refractivity contribution in [2.75, 3.05) is 25.1 Å². The van der Waals surface area contributed by atoms with Crippen LogP contribution in [0.15, 0.2) is 18.3 Å². The summed E-state index contributed by atoms with van der Waals surface area (Å²) in [7, 11) is 0. The highest BCUT2D eigenvalue weighted by Gasteiger charge is 2.16. The van der Waals surface area contributed by atoms with Crippen molar-refractivity contribution in [3.8, 4) is 5.75 Å². The molecule has 6 heteroatoms. The summed E-state index contributed by atoms with van der Waals surface area (Å²) in [4.78, 5) is 16.1. The molecular formula is C17H27N3O3. The molecule has 23 heavy (non-hydrogen) atoms. The maximum Gasteiger partial charge on any atom is 0.320 e. The second-order valence-corrected chi connectivity index (χ2v) is 6.29. The van der Waals surface area contributed by atoms with Crippen molar-refractivity contribution in [1.29, 1.82) is 0 Å². The van der Waals surface area contributed by atoms with Gasteiger partial charge in [-0.3, -0.25) is 5.32 Å². The molecule has 0 spiro atoms. The van der Waals surface area contributed by atoms with Gasteiger partial charge in [0.25, 0.3) is 0 Å². The summed E-state index contributed by atoms with van der Waals surface area (Å²) in [5.41, 5.74) is 0. The summed E-state index contributed by atoms with van der Waals surface area (Å²) in [6.45, 7) is 2.98. The number of ether oxygens (including phenoxy) is 1. The van der Waals surface area contributed by atoms with Crippen LogP contribution in [-0.4, -0.2) is 35.9 Å². The van der Waals surface area contributed by atoms with Crippen molar-refractivity contribution < 1.29 is 14.6 Å². The minimum absolute atomic E-state index is 0.0199. The quantitative estimate of drug-likeness (QED) is 0.721. The number of carbonyl (C=O) groups is 1. The lowest BCUT2D eigenvalue weighted by Gasteiger charge is -2.22. The molecule has 1 saturated carbocycles. The Morgan fingerprint density at radius 2 is 2.22 bits per heavy atom. The second-order valence-electron chi connectivity index (χ2n) is 6.29. The summed E-state index contributed by atoms with van der Waals surface area (Å²) in [5, 5.41) is 14.4. The van der Waals surface area contributed by atoms with Crippen LogP contribution in [0, 0.1) is 11.8 Å². The third-order valence-electron chi connectivity index (χ3n) is 4.12. The molecule has 1 atom stereocenters. The number of amides is 2. The molecule has 2 amide bonds. The van der Waals surface area contributed by atoms with Gasteiger partial charge in [0.15, 0.2) is 11.6 Å². The molecule has 1 heterocycles. The Hall–Kier alpha value is -1.82. The van der Waals surface area contributed by atoms with Gasteiger partial charge in [-0.05, 0) is 36.8 Å². The number of aliphatic hydroxyl groups excluding tert-OH is 1. The van der Waals surface area contributed by atoms with E-state index in [-0.39, 0.29) is 18.6 Å². The molecule has 128 valence electrons. The Bertz CT molecular complexity index is 490. The normalized spacial score (nSPS) is 16.6. The molecule has 0 aliphatic heterocycles. The van der Waals surface area contributed by atoms with E-state index in [9.17, 15) is 4.79 Å². The average molecular weight is 321 g/mol. The summed E-state index contributed by atoms with van der Waals surface area (Å²) < 4.78 is 5.88. The first-order valence-electron chi connectivity index (χ1n) is 8.42. The Morgan fingerprint density at radius 3 is 2.96 bits per heavy atom. The number of urea groups is 1. The number of aromatic nitrogens is 1. The first-order valence-corrected chi connectivity index (χ1v) is 8.42. The van der Waals surface area contributed by atoms with E-state index in [1.807, 2.05) is 13.0 Å². The maximum atomic E-state index is 11.9. The van der Waals surface area contributed by atoms with Crippen molar-refractivity contribution in [2.45, 2.75) is 39.0 Å². The number of nitrogens with zero attached hydrogens (tertiary/aromatic N) is 1. The summed E-state index contributed by atoms with van der Waals surface area (Å²) in [6.07, 6.45) is 7.92. The number of nitrogens with one attached hydrogen (secondary N) is 2. The topological polar surface area (TPSA) is 83.5 Å². The van der Waals surface area contributed by atoms with Crippen LogP contribution in [0.1, 0.15) is 39.0 Å².